The fourth-order valence-electron chi connectivity index (χ4n) is 7.72. The topological polar surface area (TPSA) is 49.6 Å². The van der Waals surface area contributed by atoms with Gasteiger partial charge in [0.2, 0.25) is 0 Å². The van der Waals surface area contributed by atoms with Crippen LogP contribution in [0.25, 0.3) is 73.4 Å². The number of nitrogens with zero attached hydrogens (tertiary/aromatic N) is 1. The minimum Gasteiger partial charge on any atom is -0.455 e. The van der Waals surface area contributed by atoms with Gasteiger partial charge >= 0.3 is 0 Å². The highest BCUT2D eigenvalue weighted by molar-refractivity contribution is 7.26. The monoisotopic (exact) mass is 691 g/mol. The number of aliphatic imine (C=N–C) groups is 1. The first-order valence-electron chi connectivity index (χ1n) is 17.2. The van der Waals surface area contributed by atoms with E-state index in [4.69, 9.17) is 9.41 Å². The zero-order valence-electron chi connectivity index (χ0n) is 27.3. The molecule has 4 nitrogen and oxygen atoms in total. The molecule has 2 unspecified atom stereocenters. The van der Waals surface area contributed by atoms with Crippen LogP contribution in [0, 0.1) is 0 Å². The molecular formula is C45H29N3OS2. The second-order valence-electron chi connectivity index (χ2n) is 13.2. The Labute approximate surface area is 301 Å². The highest BCUT2D eigenvalue weighted by Crippen LogP contribution is 2.44. The van der Waals surface area contributed by atoms with E-state index >= 15 is 0 Å². The summed E-state index contributed by atoms with van der Waals surface area (Å²) in [7, 11) is 0. The summed E-state index contributed by atoms with van der Waals surface area (Å²) in [4.78, 5) is 5.34. The summed E-state index contributed by atoms with van der Waals surface area (Å²) in [6.07, 6.45) is -0.320. The molecule has 1 aliphatic rings. The average molecular weight is 692 g/mol. The SMILES string of the molecule is c1ccc(C2NC(c3ccc4sc5c(-c6cccc7c6oc6ccccc67)cccc5c4c3)=NC(c3ccc4c(c3)sc3ccccc34)N2)cc1. The van der Waals surface area contributed by atoms with Gasteiger partial charge in [-0.05, 0) is 47.5 Å². The van der Waals surface area contributed by atoms with Crippen molar-refractivity contribution in [3.63, 3.8) is 0 Å². The van der Waals surface area contributed by atoms with Gasteiger partial charge in [0.25, 0.3) is 0 Å². The molecule has 4 heterocycles. The summed E-state index contributed by atoms with van der Waals surface area (Å²) >= 11 is 3.68. The standard InChI is InChI=1S/C45H29N3OS2/c1-2-10-26(11-3-1)43-46-44(48-45(47-43)28-20-22-31-30-13-5-7-19-38(30)50-40(31)25-28)27-21-23-39-36(24-27)35-17-9-16-34(42(35)51-39)33-15-8-14-32-29-12-4-6-18-37(29)49-41(32)33/h1-25,43,45,47H,(H,46,48). The van der Waals surface area contributed by atoms with Gasteiger partial charge in [-0.3, -0.25) is 5.32 Å². The van der Waals surface area contributed by atoms with Crippen LogP contribution in [-0.2, 0) is 0 Å². The zero-order chi connectivity index (χ0) is 33.5. The van der Waals surface area contributed by atoms with E-state index in [9.17, 15) is 0 Å². The smallest absolute Gasteiger partial charge is 0.143 e. The third kappa shape index (κ3) is 4.65. The lowest BCUT2D eigenvalue weighted by Gasteiger charge is -2.32. The van der Waals surface area contributed by atoms with E-state index in [0.717, 1.165) is 44.5 Å². The predicted octanol–water partition coefficient (Wildman–Crippen LogP) is 12.3. The second-order valence-corrected chi connectivity index (χ2v) is 15.3. The van der Waals surface area contributed by atoms with Crippen molar-refractivity contribution >= 4 is 90.8 Å². The highest BCUT2D eigenvalue weighted by Gasteiger charge is 2.26. The number of benzene rings is 7. The van der Waals surface area contributed by atoms with E-state index in [1.807, 2.05) is 34.8 Å². The summed E-state index contributed by atoms with van der Waals surface area (Å²) in [6, 6.07) is 54.2. The molecule has 242 valence electrons. The molecule has 6 heteroatoms. The van der Waals surface area contributed by atoms with Crippen molar-refractivity contribution in [3.8, 4) is 11.1 Å². The molecule has 0 amide bonds. The minimum absolute atomic E-state index is 0.104. The van der Waals surface area contributed by atoms with E-state index < -0.39 is 0 Å². The second kappa shape index (κ2) is 11.4. The predicted molar refractivity (Wildman–Crippen MR) is 216 cm³/mol. The number of thiophene rings is 2. The van der Waals surface area contributed by atoms with Crippen molar-refractivity contribution < 1.29 is 4.42 Å². The van der Waals surface area contributed by atoms with E-state index in [2.05, 4.69) is 150 Å². The third-order valence-electron chi connectivity index (χ3n) is 10.2. The molecule has 1 aliphatic heterocycles. The maximum atomic E-state index is 6.47. The Kier molecular flexibility index (Phi) is 6.46. The van der Waals surface area contributed by atoms with Crippen molar-refractivity contribution in [1.82, 2.24) is 10.6 Å². The number of para-hydroxylation sites is 2. The molecule has 2 atom stereocenters. The number of rotatable bonds is 4. The van der Waals surface area contributed by atoms with Crippen LogP contribution in [0.5, 0.6) is 0 Å². The normalized spacial score (nSPS) is 16.4. The molecule has 0 spiro atoms. The summed E-state index contributed by atoms with van der Waals surface area (Å²) in [5.74, 6) is 0.883. The van der Waals surface area contributed by atoms with Gasteiger partial charge in [0.1, 0.15) is 29.3 Å². The lowest BCUT2D eigenvalue weighted by molar-refractivity contribution is 0.409. The first-order chi connectivity index (χ1) is 25.2. The fraction of sp³-hybridized carbons (Fsp3) is 0.0444. The number of furan rings is 1. The Bertz CT molecular complexity index is 3010. The lowest BCUT2D eigenvalue weighted by atomic mass is 9.99. The Hall–Kier alpha value is -5.79. The van der Waals surface area contributed by atoms with Crippen LogP contribution in [-0.4, -0.2) is 5.84 Å². The average Bonchev–Trinajstić information content (AvgIpc) is 3.89. The van der Waals surface area contributed by atoms with Crippen molar-refractivity contribution in [2.75, 3.05) is 0 Å². The maximum Gasteiger partial charge on any atom is 0.143 e. The lowest BCUT2D eigenvalue weighted by Crippen LogP contribution is -2.44. The van der Waals surface area contributed by atoms with Crippen LogP contribution in [0.15, 0.2) is 161 Å². The molecule has 11 rings (SSSR count). The van der Waals surface area contributed by atoms with Crippen LogP contribution < -0.4 is 10.6 Å². The molecule has 0 bridgehead atoms. The quantitative estimate of drug-likeness (QED) is 0.193. The Balaban J connectivity index is 1.04. The van der Waals surface area contributed by atoms with Crippen LogP contribution in [0.1, 0.15) is 29.0 Å². The van der Waals surface area contributed by atoms with Crippen LogP contribution in [0.2, 0.25) is 0 Å². The molecule has 2 N–H and O–H groups in total. The Morgan fingerprint density at radius 2 is 1.25 bits per heavy atom. The van der Waals surface area contributed by atoms with Gasteiger partial charge in [0.15, 0.2) is 0 Å². The first-order valence-corrected chi connectivity index (χ1v) is 18.8. The van der Waals surface area contributed by atoms with Crippen LogP contribution in [0.4, 0.5) is 0 Å². The number of hydrogen-bond donors (Lipinski definition) is 2. The Morgan fingerprint density at radius 1 is 0.510 bits per heavy atom. The van der Waals surface area contributed by atoms with E-state index in [1.54, 1.807) is 0 Å². The minimum atomic E-state index is -0.216. The van der Waals surface area contributed by atoms with Gasteiger partial charge in [-0.1, -0.05) is 115 Å². The molecule has 51 heavy (non-hydrogen) atoms. The molecular weight excluding hydrogens is 663 g/mol. The van der Waals surface area contributed by atoms with Gasteiger partial charge in [0.05, 0.1) is 0 Å². The molecule has 10 aromatic rings. The number of nitrogens with one attached hydrogen (secondary N) is 2. The van der Waals surface area contributed by atoms with Crippen molar-refractivity contribution in [2.24, 2.45) is 4.99 Å². The zero-order valence-corrected chi connectivity index (χ0v) is 28.9. The van der Waals surface area contributed by atoms with Gasteiger partial charge < -0.3 is 9.73 Å². The third-order valence-corrected chi connectivity index (χ3v) is 12.5. The number of fused-ring (bicyclic) bond motifs is 9. The highest BCUT2D eigenvalue weighted by atomic mass is 32.1. The molecule has 0 aliphatic carbocycles. The summed E-state index contributed by atoms with van der Waals surface area (Å²) < 4.78 is 11.6. The summed E-state index contributed by atoms with van der Waals surface area (Å²) in [5, 5.41) is 14.9. The molecule has 0 saturated carbocycles. The van der Waals surface area contributed by atoms with Crippen molar-refractivity contribution in [1.29, 1.82) is 0 Å². The van der Waals surface area contributed by atoms with Gasteiger partial charge in [-0.15, -0.1) is 22.7 Å². The van der Waals surface area contributed by atoms with Crippen LogP contribution in [0.3, 0.4) is 0 Å². The molecule has 0 saturated heterocycles. The maximum absolute atomic E-state index is 6.47. The van der Waals surface area contributed by atoms with Gasteiger partial charge in [0, 0.05) is 67.8 Å². The summed E-state index contributed by atoms with van der Waals surface area (Å²) in [6.45, 7) is 0. The Morgan fingerprint density at radius 3 is 2.18 bits per heavy atom. The van der Waals surface area contributed by atoms with E-state index in [0.29, 0.717) is 0 Å². The summed E-state index contributed by atoms with van der Waals surface area (Å²) in [5.41, 5.74) is 7.56. The van der Waals surface area contributed by atoms with E-state index in [-0.39, 0.29) is 12.3 Å². The van der Waals surface area contributed by atoms with Crippen molar-refractivity contribution in [2.45, 2.75) is 12.3 Å². The van der Waals surface area contributed by atoms with Gasteiger partial charge in [-0.2, -0.15) is 0 Å². The first kappa shape index (κ1) is 29.0. The molecule has 7 aromatic carbocycles. The number of hydrogen-bond acceptors (Lipinski definition) is 6. The molecule has 0 fully saturated rings. The fourth-order valence-corrected chi connectivity index (χ4v) is 10.1. The largest absolute Gasteiger partial charge is 0.455 e. The number of amidine groups is 1. The van der Waals surface area contributed by atoms with Crippen molar-refractivity contribution in [3.05, 3.63) is 168 Å². The van der Waals surface area contributed by atoms with Gasteiger partial charge in [-0.25, -0.2) is 4.99 Å². The van der Waals surface area contributed by atoms with E-state index in [1.165, 1.54) is 51.5 Å². The van der Waals surface area contributed by atoms with Crippen LogP contribution >= 0.6 is 22.7 Å². The molecule has 3 aromatic heterocycles. The molecule has 0 radical (unpaired) electrons.